The summed E-state index contributed by atoms with van der Waals surface area (Å²) in [4.78, 5) is 0. The molecule has 0 spiro atoms. The maximum Gasteiger partial charge on any atom is 0.177 e. The zero-order valence-corrected chi connectivity index (χ0v) is 10.9. The molecular formula is C18H14O2. The van der Waals surface area contributed by atoms with E-state index < -0.39 is 5.60 Å². The van der Waals surface area contributed by atoms with Gasteiger partial charge in [-0.2, -0.15) is 0 Å². The van der Waals surface area contributed by atoms with Gasteiger partial charge in [0.05, 0.1) is 0 Å². The number of aliphatic hydroxyl groups excluding tert-OH is 1. The molecule has 0 fully saturated rings. The van der Waals surface area contributed by atoms with E-state index >= 15 is 0 Å². The summed E-state index contributed by atoms with van der Waals surface area (Å²) in [6.45, 7) is -0.246. The van der Waals surface area contributed by atoms with E-state index in [9.17, 15) is 5.11 Å². The van der Waals surface area contributed by atoms with Crippen molar-refractivity contribution in [2.24, 2.45) is 0 Å². The van der Waals surface area contributed by atoms with E-state index in [4.69, 9.17) is 5.11 Å². The molecule has 2 heteroatoms. The van der Waals surface area contributed by atoms with Gasteiger partial charge in [-0.25, -0.2) is 0 Å². The van der Waals surface area contributed by atoms with Crippen LogP contribution < -0.4 is 0 Å². The predicted octanol–water partition coefficient (Wildman–Crippen LogP) is 1.92. The normalized spacial score (nSPS) is 9.90. The predicted molar refractivity (Wildman–Crippen MR) is 78.5 cm³/mol. The van der Waals surface area contributed by atoms with Crippen LogP contribution in [0, 0.1) is 23.7 Å². The first-order valence-electron chi connectivity index (χ1n) is 6.21. The lowest BCUT2D eigenvalue weighted by molar-refractivity contribution is 0.145. The summed E-state index contributed by atoms with van der Waals surface area (Å²) < 4.78 is 0. The average Bonchev–Trinajstić information content (AvgIpc) is 2.53. The molecule has 0 radical (unpaired) electrons. The summed E-state index contributed by atoms with van der Waals surface area (Å²) >= 11 is 0. The Balaban J connectivity index is 2.51. The molecule has 2 aromatic rings. The van der Waals surface area contributed by atoms with E-state index in [2.05, 4.69) is 23.7 Å². The second-order valence-electron chi connectivity index (χ2n) is 4.15. The summed E-state index contributed by atoms with van der Waals surface area (Å²) in [7, 11) is 0. The third kappa shape index (κ3) is 3.08. The Bertz CT molecular complexity index is 628. The molecule has 0 bridgehead atoms. The van der Waals surface area contributed by atoms with E-state index in [0.29, 0.717) is 11.1 Å². The van der Waals surface area contributed by atoms with Crippen molar-refractivity contribution in [3.8, 4) is 23.7 Å². The van der Waals surface area contributed by atoms with Gasteiger partial charge in [-0.3, -0.25) is 0 Å². The van der Waals surface area contributed by atoms with Crippen molar-refractivity contribution in [1.29, 1.82) is 0 Å². The summed E-state index contributed by atoms with van der Waals surface area (Å²) in [6.07, 6.45) is 0. The van der Waals surface area contributed by atoms with Gasteiger partial charge >= 0.3 is 0 Å². The van der Waals surface area contributed by atoms with Gasteiger partial charge in [0.25, 0.3) is 0 Å². The fourth-order valence-corrected chi connectivity index (χ4v) is 1.88. The molecule has 2 rings (SSSR count). The van der Waals surface area contributed by atoms with E-state index in [-0.39, 0.29) is 6.61 Å². The van der Waals surface area contributed by atoms with E-state index in [1.807, 2.05) is 60.7 Å². The molecule has 0 atom stereocenters. The van der Waals surface area contributed by atoms with Crippen molar-refractivity contribution in [3.05, 3.63) is 71.8 Å². The van der Waals surface area contributed by atoms with Gasteiger partial charge in [-0.15, -0.1) is 0 Å². The highest BCUT2D eigenvalue weighted by Gasteiger charge is 2.28. The van der Waals surface area contributed by atoms with Crippen LogP contribution >= 0.6 is 0 Å². The maximum absolute atomic E-state index is 10.9. The second-order valence-corrected chi connectivity index (χ2v) is 4.15. The van der Waals surface area contributed by atoms with Crippen LogP contribution in [0.4, 0.5) is 0 Å². The van der Waals surface area contributed by atoms with Crippen LogP contribution in [-0.4, -0.2) is 16.8 Å². The average molecular weight is 262 g/mol. The minimum Gasteiger partial charge on any atom is -0.384 e. The SMILES string of the molecule is OCC#CC#CC(O)(c1ccccc1)c1ccccc1. The smallest absolute Gasteiger partial charge is 0.177 e. The monoisotopic (exact) mass is 262 g/mol. The van der Waals surface area contributed by atoms with Gasteiger partial charge in [-0.1, -0.05) is 66.6 Å². The summed E-state index contributed by atoms with van der Waals surface area (Å²) in [5, 5.41) is 19.6. The molecular weight excluding hydrogens is 248 g/mol. The molecule has 0 aliphatic rings. The maximum atomic E-state index is 10.9. The van der Waals surface area contributed by atoms with Crippen LogP contribution in [0.15, 0.2) is 60.7 Å². The molecule has 0 heterocycles. The first-order valence-corrected chi connectivity index (χ1v) is 6.21. The zero-order chi connectivity index (χ0) is 14.3. The lowest BCUT2D eigenvalue weighted by Crippen LogP contribution is -2.25. The molecule has 98 valence electrons. The molecule has 2 nitrogen and oxygen atoms in total. The third-order valence-corrected chi connectivity index (χ3v) is 2.86. The Morgan fingerprint density at radius 2 is 1.30 bits per heavy atom. The fraction of sp³-hybridized carbons (Fsp3) is 0.111. The van der Waals surface area contributed by atoms with Crippen LogP contribution in [0.25, 0.3) is 0 Å². The second kappa shape index (κ2) is 6.59. The molecule has 0 saturated carbocycles. The quantitative estimate of drug-likeness (QED) is 0.812. The summed E-state index contributed by atoms with van der Waals surface area (Å²) in [5.74, 6) is 10.3. The Labute approximate surface area is 118 Å². The molecule has 0 aliphatic heterocycles. The number of aliphatic hydroxyl groups is 2. The van der Waals surface area contributed by atoms with Crippen molar-refractivity contribution in [2.45, 2.75) is 5.60 Å². The van der Waals surface area contributed by atoms with Crippen molar-refractivity contribution < 1.29 is 10.2 Å². The van der Waals surface area contributed by atoms with Gasteiger partial charge in [0.15, 0.2) is 5.60 Å². The van der Waals surface area contributed by atoms with Crippen molar-refractivity contribution >= 4 is 0 Å². The van der Waals surface area contributed by atoms with Crippen molar-refractivity contribution in [1.82, 2.24) is 0 Å². The Kier molecular flexibility index (Phi) is 4.58. The van der Waals surface area contributed by atoms with Crippen LogP contribution in [0.2, 0.25) is 0 Å². The van der Waals surface area contributed by atoms with E-state index in [1.165, 1.54) is 0 Å². The van der Waals surface area contributed by atoms with Crippen molar-refractivity contribution in [3.63, 3.8) is 0 Å². The lowest BCUT2D eigenvalue weighted by Gasteiger charge is -2.23. The molecule has 0 aromatic heterocycles. The van der Waals surface area contributed by atoms with Gasteiger partial charge in [-0.05, 0) is 17.8 Å². The molecule has 0 amide bonds. The van der Waals surface area contributed by atoms with E-state index in [0.717, 1.165) is 0 Å². The van der Waals surface area contributed by atoms with Gasteiger partial charge < -0.3 is 10.2 Å². The zero-order valence-electron chi connectivity index (χ0n) is 10.9. The number of rotatable bonds is 2. The standard InChI is InChI=1S/C18H14O2/c19-15-9-3-8-14-18(20,16-10-4-1-5-11-16)17-12-6-2-7-13-17/h1-2,4-7,10-13,19-20H,15H2. The van der Waals surface area contributed by atoms with Crippen LogP contribution in [-0.2, 0) is 5.60 Å². The number of hydrogen-bond acceptors (Lipinski definition) is 2. The summed E-state index contributed by atoms with van der Waals surface area (Å²) in [6, 6.07) is 18.5. The largest absolute Gasteiger partial charge is 0.384 e. The number of benzene rings is 2. The Hall–Kier alpha value is -2.52. The Morgan fingerprint density at radius 3 is 1.75 bits per heavy atom. The molecule has 2 N–H and O–H groups in total. The molecule has 20 heavy (non-hydrogen) atoms. The van der Waals surface area contributed by atoms with E-state index in [1.54, 1.807) is 0 Å². The molecule has 0 aliphatic carbocycles. The fourth-order valence-electron chi connectivity index (χ4n) is 1.88. The Morgan fingerprint density at radius 1 is 0.800 bits per heavy atom. The van der Waals surface area contributed by atoms with Gasteiger partial charge in [0, 0.05) is 11.1 Å². The lowest BCUT2D eigenvalue weighted by atomic mass is 9.87. The third-order valence-electron chi connectivity index (χ3n) is 2.86. The molecule has 0 saturated heterocycles. The van der Waals surface area contributed by atoms with Crippen molar-refractivity contribution in [2.75, 3.05) is 6.61 Å². The minimum absolute atomic E-state index is 0.246. The first kappa shape index (κ1) is 13.9. The minimum atomic E-state index is -1.41. The van der Waals surface area contributed by atoms with Crippen LogP contribution in [0.1, 0.15) is 11.1 Å². The van der Waals surface area contributed by atoms with Crippen LogP contribution in [0.5, 0.6) is 0 Å². The summed E-state index contributed by atoms with van der Waals surface area (Å²) in [5.41, 5.74) is -0.0406. The molecule has 2 aromatic carbocycles. The highest BCUT2D eigenvalue weighted by Crippen LogP contribution is 2.28. The highest BCUT2D eigenvalue weighted by molar-refractivity contribution is 5.46. The van der Waals surface area contributed by atoms with Gasteiger partial charge in [0.2, 0.25) is 0 Å². The van der Waals surface area contributed by atoms with Crippen LogP contribution in [0.3, 0.4) is 0 Å². The van der Waals surface area contributed by atoms with Gasteiger partial charge in [0.1, 0.15) is 6.61 Å². The highest BCUT2D eigenvalue weighted by atomic mass is 16.3. The molecule has 0 unspecified atom stereocenters. The number of hydrogen-bond donors (Lipinski definition) is 2. The topological polar surface area (TPSA) is 40.5 Å². The first-order chi connectivity index (χ1) is 9.77.